The number of ether oxygens (including phenoxy) is 1. The molecule has 0 aliphatic heterocycles. The first kappa shape index (κ1) is 13.5. The molecule has 1 aromatic heterocycles. The number of pyridine rings is 1. The summed E-state index contributed by atoms with van der Waals surface area (Å²) in [5.74, 6) is 0. The minimum absolute atomic E-state index is 0.0276. The van der Waals surface area contributed by atoms with E-state index in [0.717, 1.165) is 31.4 Å². The first-order chi connectivity index (χ1) is 8.74. The molecule has 0 saturated heterocycles. The van der Waals surface area contributed by atoms with Crippen molar-refractivity contribution < 1.29 is 4.74 Å². The lowest BCUT2D eigenvalue weighted by molar-refractivity contribution is -0.0968. The van der Waals surface area contributed by atoms with Crippen molar-refractivity contribution in [1.29, 1.82) is 0 Å². The maximum absolute atomic E-state index is 5.75. The van der Waals surface area contributed by atoms with E-state index in [9.17, 15) is 0 Å². The number of nitrogens with zero attached hydrogens (tertiary/aromatic N) is 1. The zero-order valence-electron chi connectivity index (χ0n) is 11.7. The van der Waals surface area contributed by atoms with Crippen molar-refractivity contribution in [2.45, 2.75) is 50.7 Å². The second kappa shape index (κ2) is 5.81. The molecule has 0 amide bonds. The van der Waals surface area contributed by atoms with Crippen LogP contribution in [-0.4, -0.2) is 30.8 Å². The van der Waals surface area contributed by atoms with Gasteiger partial charge in [0.1, 0.15) is 0 Å². The van der Waals surface area contributed by atoms with Crippen LogP contribution in [0.2, 0.25) is 0 Å². The lowest BCUT2D eigenvalue weighted by Gasteiger charge is -2.46. The lowest BCUT2D eigenvalue weighted by Crippen LogP contribution is -2.56. The molecule has 1 heterocycles. The molecule has 1 saturated carbocycles. The highest BCUT2D eigenvalue weighted by Gasteiger charge is 2.43. The van der Waals surface area contributed by atoms with Gasteiger partial charge in [-0.3, -0.25) is 4.98 Å². The molecule has 1 aliphatic carbocycles. The maximum Gasteiger partial charge on any atom is 0.0834 e. The number of likely N-dealkylation sites (N-methyl/N-ethyl adjacent to an activating group) is 1. The Hall–Kier alpha value is -0.930. The molecule has 1 fully saturated rings. The fourth-order valence-corrected chi connectivity index (χ4v) is 2.77. The minimum atomic E-state index is 0.0276. The summed E-state index contributed by atoms with van der Waals surface area (Å²) in [4.78, 5) is 4.55. The molecule has 0 bridgehead atoms. The smallest absolute Gasteiger partial charge is 0.0834 e. The van der Waals surface area contributed by atoms with Gasteiger partial charge >= 0.3 is 0 Å². The molecule has 18 heavy (non-hydrogen) atoms. The molecule has 0 spiro atoms. The molecule has 2 rings (SSSR count). The number of rotatable bonds is 6. The van der Waals surface area contributed by atoms with E-state index in [-0.39, 0.29) is 5.60 Å². The monoisotopic (exact) mass is 248 g/mol. The number of hydrogen-bond acceptors (Lipinski definition) is 3. The molecule has 0 aromatic carbocycles. The third kappa shape index (κ3) is 2.57. The van der Waals surface area contributed by atoms with E-state index in [1.54, 1.807) is 0 Å². The SMILES string of the molecule is CCc1ccc(CC(NC)C2(OC)CCC2)nc1. The Bertz CT molecular complexity index is 365. The van der Waals surface area contributed by atoms with Crippen LogP contribution in [0.25, 0.3) is 0 Å². The fraction of sp³-hybridized carbons (Fsp3) is 0.667. The highest BCUT2D eigenvalue weighted by molar-refractivity contribution is 5.16. The van der Waals surface area contributed by atoms with Gasteiger partial charge in [0.2, 0.25) is 0 Å². The molecule has 3 heteroatoms. The van der Waals surface area contributed by atoms with Crippen molar-refractivity contribution in [3.63, 3.8) is 0 Å². The Morgan fingerprint density at radius 1 is 1.44 bits per heavy atom. The Morgan fingerprint density at radius 3 is 2.61 bits per heavy atom. The van der Waals surface area contributed by atoms with E-state index in [2.05, 4.69) is 29.4 Å². The fourth-order valence-electron chi connectivity index (χ4n) is 2.77. The van der Waals surface area contributed by atoms with E-state index >= 15 is 0 Å². The van der Waals surface area contributed by atoms with Crippen molar-refractivity contribution in [2.24, 2.45) is 0 Å². The first-order valence-corrected chi connectivity index (χ1v) is 6.90. The van der Waals surface area contributed by atoms with Crippen LogP contribution in [0.1, 0.15) is 37.4 Å². The van der Waals surface area contributed by atoms with Gasteiger partial charge in [0.25, 0.3) is 0 Å². The van der Waals surface area contributed by atoms with Crippen molar-refractivity contribution >= 4 is 0 Å². The predicted molar refractivity (Wildman–Crippen MR) is 73.8 cm³/mol. The number of methoxy groups -OCH3 is 1. The van der Waals surface area contributed by atoms with Gasteiger partial charge in [0, 0.05) is 31.5 Å². The number of nitrogens with one attached hydrogen (secondary N) is 1. The van der Waals surface area contributed by atoms with Crippen molar-refractivity contribution in [3.05, 3.63) is 29.6 Å². The number of hydrogen-bond donors (Lipinski definition) is 1. The zero-order chi connectivity index (χ0) is 13.0. The van der Waals surface area contributed by atoms with E-state index in [1.807, 2.05) is 20.4 Å². The zero-order valence-corrected chi connectivity index (χ0v) is 11.7. The van der Waals surface area contributed by atoms with Crippen LogP contribution in [0, 0.1) is 0 Å². The summed E-state index contributed by atoms with van der Waals surface area (Å²) in [7, 11) is 3.85. The third-order valence-corrected chi connectivity index (χ3v) is 4.30. The lowest BCUT2D eigenvalue weighted by atomic mass is 9.73. The van der Waals surface area contributed by atoms with Crippen LogP contribution in [0.3, 0.4) is 0 Å². The van der Waals surface area contributed by atoms with Crippen LogP contribution >= 0.6 is 0 Å². The van der Waals surface area contributed by atoms with E-state index in [4.69, 9.17) is 4.74 Å². The van der Waals surface area contributed by atoms with Gasteiger partial charge in [-0.2, -0.15) is 0 Å². The van der Waals surface area contributed by atoms with E-state index < -0.39 is 0 Å². The van der Waals surface area contributed by atoms with Gasteiger partial charge in [0.05, 0.1) is 5.60 Å². The molecule has 0 radical (unpaired) electrons. The molecular weight excluding hydrogens is 224 g/mol. The number of aryl methyl sites for hydroxylation is 1. The Kier molecular flexibility index (Phi) is 4.36. The highest BCUT2D eigenvalue weighted by Crippen LogP contribution is 2.38. The Balaban J connectivity index is 2.05. The van der Waals surface area contributed by atoms with Crippen LogP contribution in [0.4, 0.5) is 0 Å². The standard InChI is InChI=1S/C15H24N2O/c1-4-12-6-7-13(17-11-12)10-14(16-2)15(18-3)8-5-9-15/h6-7,11,14,16H,4-5,8-10H2,1-3H3. The molecule has 100 valence electrons. The van der Waals surface area contributed by atoms with Gasteiger partial charge in [-0.15, -0.1) is 0 Å². The average molecular weight is 248 g/mol. The maximum atomic E-state index is 5.75. The molecule has 1 aromatic rings. The topological polar surface area (TPSA) is 34.1 Å². The van der Waals surface area contributed by atoms with Crippen LogP contribution in [-0.2, 0) is 17.6 Å². The minimum Gasteiger partial charge on any atom is -0.377 e. The van der Waals surface area contributed by atoms with Gasteiger partial charge in [0.15, 0.2) is 0 Å². The van der Waals surface area contributed by atoms with Crippen LogP contribution in [0.15, 0.2) is 18.3 Å². The van der Waals surface area contributed by atoms with Crippen molar-refractivity contribution in [1.82, 2.24) is 10.3 Å². The molecule has 3 nitrogen and oxygen atoms in total. The summed E-state index contributed by atoms with van der Waals surface area (Å²) in [6.45, 7) is 2.15. The predicted octanol–water partition coefficient (Wildman–Crippen LogP) is 2.34. The van der Waals surface area contributed by atoms with Crippen LogP contribution in [0.5, 0.6) is 0 Å². The normalized spacial score (nSPS) is 19.3. The average Bonchev–Trinajstić information content (AvgIpc) is 2.37. The molecular formula is C15H24N2O. The van der Waals surface area contributed by atoms with Crippen molar-refractivity contribution in [3.8, 4) is 0 Å². The summed E-state index contributed by atoms with van der Waals surface area (Å²) in [5.41, 5.74) is 2.47. The molecule has 1 aliphatic rings. The number of aromatic nitrogens is 1. The summed E-state index contributed by atoms with van der Waals surface area (Å²) in [6.07, 6.45) is 7.56. The summed E-state index contributed by atoms with van der Waals surface area (Å²) in [5, 5.41) is 3.41. The van der Waals surface area contributed by atoms with Gasteiger partial charge in [-0.1, -0.05) is 13.0 Å². The second-order valence-corrected chi connectivity index (χ2v) is 5.18. The Morgan fingerprint density at radius 2 is 2.22 bits per heavy atom. The largest absolute Gasteiger partial charge is 0.377 e. The quantitative estimate of drug-likeness (QED) is 0.839. The second-order valence-electron chi connectivity index (χ2n) is 5.18. The van der Waals surface area contributed by atoms with Crippen molar-refractivity contribution in [2.75, 3.05) is 14.2 Å². The first-order valence-electron chi connectivity index (χ1n) is 6.90. The van der Waals surface area contributed by atoms with Gasteiger partial charge in [-0.25, -0.2) is 0 Å². The summed E-state index contributed by atoms with van der Waals surface area (Å²) < 4.78 is 5.75. The molecule has 1 N–H and O–H groups in total. The third-order valence-electron chi connectivity index (χ3n) is 4.30. The summed E-state index contributed by atoms with van der Waals surface area (Å²) >= 11 is 0. The van der Waals surface area contributed by atoms with Crippen LogP contribution < -0.4 is 5.32 Å². The Labute approximate surface area is 110 Å². The van der Waals surface area contributed by atoms with Gasteiger partial charge in [-0.05, 0) is 44.4 Å². The van der Waals surface area contributed by atoms with E-state index in [1.165, 1.54) is 12.0 Å². The van der Waals surface area contributed by atoms with Gasteiger partial charge < -0.3 is 10.1 Å². The van der Waals surface area contributed by atoms with E-state index in [0.29, 0.717) is 6.04 Å². The summed E-state index contributed by atoms with van der Waals surface area (Å²) in [6, 6.07) is 4.68. The highest BCUT2D eigenvalue weighted by atomic mass is 16.5. The molecule has 1 atom stereocenters. The molecule has 1 unspecified atom stereocenters.